The van der Waals surface area contributed by atoms with Crippen LogP contribution in [-0.2, 0) is 4.79 Å². The Morgan fingerprint density at radius 1 is 1.07 bits per heavy atom. The molecule has 2 amide bonds. The minimum absolute atomic E-state index is 0.0115. The summed E-state index contributed by atoms with van der Waals surface area (Å²) in [5.41, 5.74) is 4.39. The lowest BCUT2D eigenvalue weighted by atomic mass is 10.0. The molecule has 1 heterocycles. The van der Waals surface area contributed by atoms with Crippen molar-refractivity contribution in [3.8, 4) is 0 Å². The molecule has 2 aromatic rings. The van der Waals surface area contributed by atoms with Gasteiger partial charge in [0.15, 0.2) is 5.96 Å². The van der Waals surface area contributed by atoms with E-state index in [1.54, 1.807) is 0 Å². The molecule has 156 valence electrons. The van der Waals surface area contributed by atoms with Crippen LogP contribution < -0.4 is 21.3 Å². The Hall–Kier alpha value is -3.35. The van der Waals surface area contributed by atoms with Crippen LogP contribution in [-0.4, -0.2) is 30.9 Å². The van der Waals surface area contributed by atoms with Gasteiger partial charge in [-0.05, 0) is 60.7 Å². The number of amides is 2. The molecule has 1 aliphatic carbocycles. The first kappa shape index (κ1) is 19.9. The molecule has 1 saturated carbocycles. The molecule has 4 N–H and O–H groups in total. The van der Waals surface area contributed by atoms with Crippen LogP contribution in [0.1, 0.15) is 48.5 Å². The molecule has 0 unspecified atom stereocenters. The van der Waals surface area contributed by atoms with Crippen LogP contribution in [0.15, 0.2) is 47.5 Å². The molecule has 0 spiro atoms. The molecule has 0 aromatic heterocycles. The number of hydrogen-bond acceptors (Lipinski definition) is 5. The number of rotatable bonds is 6. The number of nitrogens with zero attached hydrogens (tertiary/aromatic N) is 1. The maximum atomic E-state index is 12.6. The zero-order valence-electron chi connectivity index (χ0n) is 17.3. The van der Waals surface area contributed by atoms with Gasteiger partial charge in [-0.2, -0.15) is 0 Å². The van der Waals surface area contributed by atoms with Crippen LogP contribution in [0.3, 0.4) is 0 Å². The van der Waals surface area contributed by atoms with E-state index in [2.05, 4.69) is 26.3 Å². The highest BCUT2D eigenvalue weighted by atomic mass is 16.2. The number of aliphatic imine (C=N–C) groups is 1. The third-order valence-corrected chi connectivity index (χ3v) is 5.17. The smallest absolute Gasteiger partial charge is 0.257 e. The van der Waals surface area contributed by atoms with Crippen LogP contribution in [0.2, 0.25) is 0 Å². The van der Waals surface area contributed by atoms with E-state index in [-0.39, 0.29) is 17.7 Å². The van der Waals surface area contributed by atoms with E-state index in [9.17, 15) is 9.59 Å². The normalized spacial score (nSPS) is 15.4. The van der Waals surface area contributed by atoms with Gasteiger partial charge in [-0.25, -0.2) is 0 Å². The zero-order valence-corrected chi connectivity index (χ0v) is 17.3. The summed E-state index contributed by atoms with van der Waals surface area (Å²) in [5, 5.41) is 12.3. The summed E-state index contributed by atoms with van der Waals surface area (Å²) < 4.78 is 0. The van der Waals surface area contributed by atoms with Gasteiger partial charge in [0.05, 0.1) is 6.54 Å². The van der Waals surface area contributed by atoms with Gasteiger partial charge in [-0.1, -0.05) is 19.9 Å². The predicted octanol–water partition coefficient (Wildman–Crippen LogP) is 3.59. The van der Waals surface area contributed by atoms with Crippen molar-refractivity contribution in [3.05, 3.63) is 53.6 Å². The molecule has 1 aliphatic heterocycles. The van der Waals surface area contributed by atoms with E-state index in [1.165, 1.54) is 0 Å². The van der Waals surface area contributed by atoms with E-state index in [4.69, 9.17) is 0 Å². The largest absolute Gasteiger partial charge is 0.355 e. The SMILES string of the molecule is CC(C)C(=O)Nc1cccc(Nc2ccc(C(=O)NC3=NCCN3)cc2C2CC2)c1. The van der Waals surface area contributed by atoms with Gasteiger partial charge in [0, 0.05) is 35.1 Å². The predicted molar refractivity (Wildman–Crippen MR) is 119 cm³/mol. The fourth-order valence-corrected chi connectivity index (χ4v) is 3.33. The third-order valence-electron chi connectivity index (χ3n) is 5.17. The number of carbonyl (C=O) groups excluding carboxylic acids is 2. The molecule has 0 saturated heterocycles. The summed E-state index contributed by atoms with van der Waals surface area (Å²) in [6, 6.07) is 13.4. The van der Waals surface area contributed by atoms with Crippen molar-refractivity contribution in [2.75, 3.05) is 23.7 Å². The van der Waals surface area contributed by atoms with Gasteiger partial charge >= 0.3 is 0 Å². The van der Waals surface area contributed by atoms with Crippen molar-refractivity contribution in [2.45, 2.75) is 32.6 Å². The Balaban J connectivity index is 1.51. The maximum Gasteiger partial charge on any atom is 0.257 e. The molecular formula is C23H27N5O2. The maximum absolute atomic E-state index is 12.6. The highest BCUT2D eigenvalue weighted by molar-refractivity contribution is 6.06. The van der Waals surface area contributed by atoms with Crippen molar-refractivity contribution in [3.63, 3.8) is 0 Å². The molecule has 2 aromatic carbocycles. The fourth-order valence-electron chi connectivity index (χ4n) is 3.33. The van der Waals surface area contributed by atoms with Crippen LogP contribution in [0.5, 0.6) is 0 Å². The Labute approximate surface area is 176 Å². The zero-order chi connectivity index (χ0) is 21.1. The number of anilines is 3. The molecule has 7 nitrogen and oxygen atoms in total. The molecule has 1 fully saturated rings. The highest BCUT2D eigenvalue weighted by Crippen LogP contribution is 2.44. The Morgan fingerprint density at radius 3 is 2.57 bits per heavy atom. The Morgan fingerprint density at radius 2 is 1.87 bits per heavy atom. The highest BCUT2D eigenvalue weighted by Gasteiger charge is 2.27. The number of carbonyl (C=O) groups is 2. The third kappa shape index (κ3) is 4.79. The topological polar surface area (TPSA) is 94.6 Å². The average molecular weight is 406 g/mol. The summed E-state index contributed by atoms with van der Waals surface area (Å²) in [5.74, 6) is 0.756. The minimum Gasteiger partial charge on any atom is -0.355 e. The summed E-state index contributed by atoms with van der Waals surface area (Å²) in [7, 11) is 0. The fraction of sp³-hybridized carbons (Fsp3) is 0.348. The van der Waals surface area contributed by atoms with Crippen LogP contribution in [0.4, 0.5) is 17.1 Å². The van der Waals surface area contributed by atoms with Crippen LogP contribution >= 0.6 is 0 Å². The number of hydrogen-bond donors (Lipinski definition) is 4. The second kappa shape index (κ2) is 8.57. The van der Waals surface area contributed by atoms with Gasteiger partial charge in [0.1, 0.15) is 0 Å². The van der Waals surface area contributed by atoms with E-state index >= 15 is 0 Å². The molecule has 7 heteroatoms. The number of benzene rings is 2. The average Bonchev–Trinajstić information content (AvgIpc) is 3.45. The van der Waals surface area contributed by atoms with Gasteiger partial charge in [0.25, 0.3) is 5.91 Å². The van der Waals surface area contributed by atoms with Crippen molar-refractivity contribution in [2.24, 2.45) is 10.9 Å². The van der Waals surface area contributed by atoms with Crippen LogP contribution in [0.25, 0.3) is 0 Å². The van der Waals surface area contributed by atoms with E-state index in [0.717, 1.165) is 42.0 Å². The first-order valence-electron chi connectivity index (χ1n) is 10.4. The molecule has 2 aliphatic rings. The standard InChI is InChI=1S/C23H27N5O2/c1-14(2)21(29)27-18-5-3-4-17(13-18)26-20-9-8-16(12-19(20)15-6-7-15)22(30)28-23-24-10-11-25-23/h3-5,8-9,12-15,26H,6-7,10-11H2,1-2H3,(H,27,29)(H2,24,25,28,30). The Bertz CT molecular complexity index is 995. The lowest BCUT2D eigenvalue weighted by Gasteiger charge is -2.15. The van der Waals surface area contributed by atoms with E-state index in [1.807, 2.05) is 56.3 Å². The molecule has 4 rings (SSSR count). The van der Waals surface area contributed by atoms with E-state index < -0.39 is 0 Å². The minimum atomic E-state index is -0.157. The van der Waals surface area contributed by atoms with Crippen molar-refractivity contribution in [1.82, 2.24) is 10.6 Å². The van der Waals surface area contributed by atoms with Crippen LogP contribution in [0, 0.1) is 5.92 Å². The summed E-state index contributed by atoms with van der Waals surface area (Å²) in [6.07, 6.45) is 2.25. The van der Waals surface area contributed by atoms with Crippen molar-refractivity contribution < 1.29 is 9.59 Å². The molecular weight excluding hydrogens is 378 g/mol. The molecule has 30 heavy (non-hydrogen) atoms. The van der Waals surface area contributed by atoms with E-state index in [0.29, 0.717) is 24.0 Å². The number of guanidine groups is 1. The second-order valence-corrected chi connectivity index (χ2v) is 8.04. The lowest BCUT2D eigenvalue weighted by molar-refractivity contribution is -0.118. The van der Waals surface area contributed by atoms with Crippen molar-refractivity contribution in [1.29, 1.82) is 0 Å². The summed E-state index contributed by atoms with van der Waals surface area (Å²) >= 11 is 0. The quantitative estimate of drug-likeness (QED) is 0.591. The lowest BCUT2D eigenvalue weighted by Crippen LogP contribution is -2.38. The second-order valence-electron chi connectivity index (χ2n) is 8.04. The molecule has 0 bridgehead atoms. The van der Waals surface area contributed by atoms with Gasteiger partial charge < -0.3 is 16.0 Å². The van der Waals surface area contributed by atoms with Crippen molar-refractivity contribution >= 4 is 34.8 Å². The summed E-state index contributed by atoms with van der Waals surface area (Å²) in [6.45, 7) is 5.17. The number of nitrogens with one attached hydrogen (secondary N) is 4. The van der Waals surface area contributed by atoms with Gasteiger partial charge in [-0.3, -0.25) is 19.9 Å². The Kier molecular flexibility index (Phi) is 5.70. The first-order valence-corrected chi connectivity index (χ1v) is 10.4. The molecule has 0 radical (unpaired) electrons. The monoisotopic (exact) mass is 405 g/mol. The summed E-state index contributed by atoms with van der Waals surface area (Å²) in [4.78, 5) is 28.8. The molecule has 0 atom stereocenters. The van der Waals surface area contributed by atoms with Gasteiger partial charge in [0.2, 0.25) is 5.91 Å². The first-order chi connectivity index (χ1) is 14.5. The van der Waals surface area contributed by atoms with Gasteiger partial charge in [-0.15, -0.1) is 0 Å².